The molecule has 0 fully saturated rings. The van der Waals surface area contributed by atoms with Crippen molar-refractivity contribution in [1.29, 1.82) is 0 Å². The molecule has 0 bridgehead atoms. The maximum Gasteiger partial charge on any atom is 0.221 e. The third kappa shape index (κ3) is 3.71. The normalized spacial score (nSPS) is 10.2. The number of carbonyl (C=O) groups excluding carboxylic acids is 1. The minimum absolute atomic E-state index is 0.140. The molecule has 1 heterocycles. The number of aryl methyl sites for hydroxylation is 1. The summed E-state index contributed by atoms with van der Waals surface area (Å²) < 4.78 is 0. The number of carbonyl (C=O) groups is 1. The van der Waals surface area contributed by atoms with Gasteiger partial charge in [-0.2, -0.15) is 0 Å². The van der Waals surface area contributed by atoms with Crippen molar-refractivity contribution in [3.8, 4) is 0 Å². The average molecular weight is 290 g/mol. The molecule has 5 heteroatoms. The first-order valence-electron chi connectivity index (χ1n) is 6.27. The van der Waals surface area contributed by atoms with E-state index in [4.69, 9.17) is 11.6 Å². The lowest BCUT2D eigenvalue weighted by molar-refractivity contribution is -0.114. The quantitative estimate of drug-likeness (QED) is 0.904. The molecule has 0 unspecified atom stereocenters. The van der Waals surface area contributed by atoms with Crippen molar-refractivity contribution < 1.29 is 4.79 Å². The first kappa shape index (κ1) is 14.3. The lowest BCUT2D eigenvalue weighted by Gasteiger charge is -2.11. The Hall–Kier alpha value is -2.07. The smallest absolute Gasteiger partial charge is 0.221 e. The number of nitrogens with one attached hydrogen (secondary N) is 2. The highest BCUT2D eigenvalue weighted by molar-refractivity contribution is 6.34. The van der Waals surface area contributed by atoms with E-state index in [1.807, 2.05) is 25.3 Å². The van der Waals surface area contributed by atoms with E-state index in [1.54, 1.807) is 18.3 Å². The van der Waals surface area contributed by atoms with Gasteiger partial charge in [0.05, 0.1) is 10.7 Å². The number of hydrogen-bond acceptors (Lipinski definition) is 3. The number of pyridine rings is 1. The van der Waals surface area contributed by atoms with Crippen molar-refractivity contribution in [1.82, 2.24) is 4.98 Å². The van der Waals surface area contributed by atoms with E-state index in [0.717, 1.165) is 11.3 Å². The Bertz CT molecular complexity index is 628. The number of aromatic nitrogens is 1. The standard InChI is InChI=1S/C15H16ClN3O/c1-10-5-6-17-8-12(10)9-18-13-3-4-15(14(16)7-13)19-11(2)20/h3-8,18H,9H2,1-2H3,(H,19,20). The van der Waals surface area contributed by atoms with Crippen LogP contribution in [0.15, 0.2) is 36.7 Å². The zero-order chi connectivity index (χ0) is 14.5. The number of rotatable bonds is 4. The predicted octanol–water partition coefficient (Wildman–Crippen LogP) is 3.61. The van der Waals surface area contributed by atoms with Gasteiger partial charge in [0, 0.05) is 31.5 Å². The number of anilines is 2. The van der Waals surface area contributed by atoms with Crippen LogP contribution in [0.3, 0.4) is 0 Å². The topological polar surface area (TPSA) is 54.0 Å². The Morgan fingerprint density at radius 2 is 2.15 bits per heavy atom. The maximum atomic E-state index is 11.0. The van der Waals surface area contributed by atoms with Gasteiger partial charge >= 0.3 is 0 Å². The summed E-state index contributed by atoms with van der Waals surface area (Å²) in [7, 11) is 0. The van der Waals surface area contributed by atoms with Crippen LogP contribution in [-0.4, -0.2) is 10.9 Å². The molecule has 0 radical (unpaired) electrons. The third-order valence-corrected chi connectivity index (χ3v) is 3.22. The molecule has 0 atom stereocenters. The second kappa shape index (κ2) is 6.39. The van der Waals surface area contributed by atoms with E-state index in [-0.39, 0.29) is 5.91 Å². The van der Waals surface area contributed by atoms with Gasteiger partial charge in [0.15, 0.2) is 0 Å². The minimum atomic E-state index is -0.140. The van der Waals surface area contributed by atoms with Gasteiger partial charge in [-0.15, -0.1) is 0 Å². The molecule has 0 aliphatic heterocycles. The van der Waals surface area contributed by atoms with Crippen LogP contribution < -0.4 is 10.6 Å². The third-order valence-electron chi connectivity index (χ3n) is 2.91. The summed E-state index contributed by atoms with van der Waals surface area (Å²) in [6, 6.07) is 7.42. The highest BCUT2D eigenvalue weighted by Gasteiger charge is 2.04. The SMILES string of the molecule is CC(=O)Nc1ccc(NCc2cnccc2C)cc1Cl. The summed E-state index contributed by atoms with van der Waals surface area (Å²) in [6.45, 7) is 4.18. The van der Waals surface area contributed by atoms with Gasteiger partial charge in [-0.05, 0) is 42.3 Å². The van der Waals surface area contributed by atoms with Gasteiger partial charge in [-0.3, -0.25) is 9.78 Å². The van der Waals surface area contributed by atoms with Crippen LogP contribution in [0, 0.1) is 6.92 Å². The average Bonchev–Trinajstić information content (AvgIpc) is 2.40. The van der Waals surface area contributed by atoms with Gasteiger partial charge in [0.2, 0.25) is 5.91 Å². The zero-order valence-corrected chi connectivity index (χ0v) is 12.2. The molecule has 0 aliphatic rings. The number of nitrogens with zero attached hydrogens (tertiary/aromatic N) is 1. The van der Waals surface area contributed by atoms with Crippen LogP contribution >= 0.6 is 11.6 Å². The lowest BCUT2D eigenvalue weighted by Crippen LogP contribution is -2.07. The van der Waals surface area contributed by atoms with Crippen LogP contribution in [0.25, 0.3) is 0 Å². The van der Waals surface area contributed by atoms with Crippen LogP contribution in [0.2, 0.25) is 5.02 Å². The largest absolute Gasteiger partial charge is 0.381 e. The fraction of sp³-hybridized carbons (Fsp3) is 0.200. The van der Waals surface area contributed by atoms with Crippen molar-refractivity contribution in [3.63, 3.8) is 0 Å². The highest BCUT2D eigenvalue weighted by Crippen LogP contribution is 2.25. The number of benzene rings is 1. The molecule has 2 rings (SSSR count). The summed E-state index contributed by atoms with van der Waals surface area (Å²) in [5, 5.41) is 6.47. The van der Waals surface area contributed by atoms with Gasteiger partial charge < -0.3 is 10.6 Å². The van der Waals surface area contributed by atoms with Gasteiger partial charge in [0.1, 0.15) is 0 Å². The first-order chi connectivity index (χ1) is 9.56. The molecule has 20 heavy (non-hydrogen) atoms. The van der Waals surface area contributed by atoms with Crippen molar-refractivity contribution in [2.24, 2.45) is 0 Å². The van der Waals surface area contributed by atoms with E-state index >= 15 is 0 Å². The van der Waals surface area contributed by atoms with Crippen molar-refractivity contribution in [3.05, 3.63) is 52.8 Å². The summed E-state index contributed by atoms with van der Waals surface area (Å²) in [6.07, 6.45) is 3.62. The maximum absolute atomic E-state index is 11.0. The van der Waals surface area contributed by atoms with Gasteiger partial charge in [-0.25, -0.2) is 0 Å². The van der Waals surface area contributed by atoms with E-state index < -0.39 is 0 Å². The molecule has 0 spiro atoms. The molecule has 0 saturated carbocycles. The van der Waals surface area contributed by atoms with E-state index in [0.29, 0.717) is 17.3 Å². The van der Waals surface area contributed by atoms with Crippen molar-refractivity contribution in [2.75, 3.05) is 10.6 Å². The molecule has 1 aromatic heterocycles. The number of hydrogen-bond donors (Lipinski definition) is 2. The summed E-state index contributed by atoms with van der Waals surface area (Å²) >= 11 is 6.12. The zero-order valence-electron chi connectivity index (χ0n) is 11.4. The van der Waals surface area contributed by atoms with E-state index in [1.165, 1.54) is 12.5 Å². The number of amides is 1. The first-order valence-corrected chi connectivity index (χ1v) is 6.64. The predicted molar refractivity (Wildman–Crippen MR) is 82.1 cm³/mol. The van der Waals surface area contributed by atoms with Gasteiger partial charge in [-0.1, -0.05) is 11.6 Å². The van der Waals surface area contributed by atoms with Crippen LogP contribution in [0.1, 0.15) is 18.1 Å². The molecular weight excluding hydrogens is 274 g/mol. The van der Waals surface area contributed by atoms with Gasteiger partial charge in [0.25, 0.3) is 0 Å². The summed E-state index contributed by atoms with van der Waals surface area (Å²) in [4.78, 5) is 15.1. The van der Waals surface area contributed by atoms with Crippen LogP contribution in [0.4, 0.5) is 11.4 Å². The fourth-order valence-corrected chi connectivity index (χ4v) is 2.02. The van der Waals surface area contributed by atoms with E-state index in [2.05, 4.69) is 15.6 Å². The second-order valence-electron chi connectivity index (χ2n) is 4.53. The molecule has 0 saturated heterocycles. The molecule has 1 amide bonds. The lowest BCUT2D eigenvalue weighted by atomic mass is 10.1. The number of halogens is 1. The summed E-state index contributed by atoms with van der Waals surface area (Å²) in [5.74, 6) is -0.140. The molecule has 104 valence electrons. The van der Waals surface area contributed by atoms with E-state index in [9.17, 15) is 4.79 Å². The molecule has 0 aliphatic carbocycles. The Labute approximate surface area is 123 Å². The molecule has 4 nitrogen and oxygen atoms in total. The molecule has 1 aromatic carbocycles. The monoisotopic (exact) mass is 289 g/mol. The van der Waals surface area contributed by atoms with Crippen LogP contribution in [-0.2, 0) is 11.3 Å². The Morgan fingerprint density at radius 3 is 2.80 bits per heavy atom. The second-order valence-corrected chi connectivity index (χ2v) is 4.94. The van der Waals surface area contributed by atoms with Crippen molar-refractivity contribution in [2.45, 2.75) is 20.4 Å². The Kier molecular flexibility index (Phi) is 4.58. The fourth-order valence-electron chi connectivity index (χ4n) is 1.80. The molecule has 2 N–H and O–H groups in total. The molecular formula is C15H16ClN3O. The molecule has 2 aromatic rings. The Balaban J connectivity index is 2.06. The summed E-state index contributed by atoms with van der Waals surface area (Å²) in [5.41, 5.74) is 3.83. The van der Waals surface area contributed by atoms with Crippen molar-refractivity contribution >= 4 is 28.9 Å². The minimum Gasteiger partial charge on any atom is -0.381 e. The Morgan fingerprint density at radius 1 is 1.35 bits per heavy atom. The highest BCUT2D eigenvalue weighted by atomic mass is 35.5. The van der Waals surface area contributed by atoms with Crippen LogP contribution in [0.5, 0.6) is 0 Å².